The standard InChI is InChI=1S/C20H31N3O2/c1-20(2,3)25-19(24)22-12-9-18(10-13-22)23(14-16-7-8-16)15-17-6-4-5-11-21-17/h4-6,11,16,18H,7-10,12-15H2,1-3H3. The number of hydrogen-bond donors (Lipinski definition) is 0. The van der Waals surface area contributed by atoms with Gasteiger partial charge in [0.2, 0.25) is 0 Å². The van der Waals surface area contributed by atoms with E-state index >= 15 is 0 Å². The quantitative estimate of drug-likeness (QED) is 0.816. The highest BCUT2D eigenvalue weighted by Gasteiger charge is 2.32. The smallest absolute Gasteiger partial charge is 0.410 e. The van der Waals surface area contributed by atoms with E-state index in [2.05, 4.69) is 22.0 Å². The second-order valence-electron chi connectivity index (χ2n) is 8.39. The Kier molecular flexibility index (Phi) is 5.62. The van der Waals surface area contributed by atoms with Gasteiger partial charge in [-0.1, -0.05) is 6.07 Å². The monoisotopic (exact) mass is 345 g/mol. The highest BCUT2D eigenvalue weighted by atomic mass is 16.6. The lowest BCUT2D eigenvalue weighted by Crippen LogP contribution is -2.48. The van der Waals surface area contributed by atoms with Crippen molar-refractivity contribution in [2.75, 3.05) is 19.6 Å². The molecule has 1 aliphatic carbocycles. The number of carbonyl (C=O) groups is 1. The first-order valence-electron chi connectivity index (χ1n) is 9.52. The molecule has 0 unspecified atom stereocenters. The van der Waals surface area contributed by atoms with Crippen LogP contribution in [0, 0.1) is 5.92 Å². The minimum atomic E-state index is -0.426. The predicted octanol–water partition coefficient (Wildman–Crippen LogP) is 3.69. The van der Waals surface area contributed by atoms with Gasteiger partial charge in [0.1, 0.15) is 5.60 Å². The van der Waals surface area contributed by atoms with Crippen molar-refractivity contribution in [3.05, 3.63) is 30.1 Å². The van der Waals surface area contributed by atoms with Crippen LogP contribution in [0.3, 0.4) is 0 Å². The molecule has 2 aliphatic rings. The molecule has 1 aromatic rings. The van der Waals surface area contributed by atoms with Crippen LogP contribution in [-0.2, 0) is 11.3 Å². The summed E-state index contributed by atoms with van der Waals surface area (Å²) < 4.78 is 5.51. The van der Waals surface area contributed by atoms with E-state index in [0.29, 0.717) is 6.04 Å². The summed E-state index contributed by atoms with van der Waals surface area (Å²) in [6, 6.07) is 6.66. The number of nitrogens with zero attached hydrogens (tertiary/aromatic N) is 3. The van der Waals surface area contributed by atoms with Crippen LogP contribution in [0.25, 0.3) is 0 Å². The molecule has 0 spiro atoms. The van der Waals surface area contributed by atoms with Crippen LogP contribution in [0.15, 0.2) is 24.4 Å². The highest BCUT2D eigenvalue weighted by Crippen LogP contribution is 2.32. The SMILES string of the molecule is CC(C)(C)OC(=O)N1CCC(N(Cc2ccccn2)CC2CC2)CC1. The minimum absolute atomic E-state index is 0.176. The Morgan fingerprint density at radius 2 is 1.96 bits per heavy atom. The number of ether oxygens (including phenoxy) is 1. The zero-order chi connectivity index (χ0) is 17.9. The molecule has 2 heterocycles. The number of carbonyl (C=O) groups excluding carboxylic acids is 1. The van der Waals surface area contributed by atoms with Gasteiger partial charge in [0.25, 0.3) is 0 Å². The molecule has 1 saturated heterocycles. The molecule has 1 aromatic heterocycles. The van der Waals surface area contributed by atoms with E-state index in [-0.39, 0.29) is 6.09 Å². The van der Waals surface area contributed by atoms with Crippen LogP contribution in [0.1, 0.15) is 52.1 Å². The molecular weight excluding hydrogens is 314 g/mol. The maximum atomic E-state index is 12.2. The van der Waals surface area contributed by atoms with E-state index in [0.717, 1.165) is 50.6 Å². The van der Waals surface area contributed by atoms with Crippen LogP contribution in [0.2, 0.25) is 0 Å². The Bertz CT molecular complexity index is 558. The van der Waals surface area contributed by atoms with Crippen molar-refractivity contribution in [3.8, 4) is 0 Å². The topological polar surface area (TPSA) is 45.7 Å². The largest absolute Gasteiger partial charge is 0.444 e. The molecule has 138 valence electrons. The molecule has 1 saturated carbocycles. The number of pyridine rings is 1. The van der Waals surface area contributed by atoms with Gasteiger partial charge in [-0.2, -0.15) is 0 Å². The van der Waals surface area contributed by atoms with Crippen molar-refractivity contribution in [2.45, 2.75) is 64.6 Å². The first-order chi connectivity index (χ1) is 11.9. The van der Waals surface area contributed by atoms with Gasteiger partial charge in [-0.3, -0.25) is 9.88 Å². The molecule has 0 N–H and O–H groups in total. The van der Waals surface area contributed by atoms with Gasteiger partial charge >= 0.3 is 6.09 Å². The molecule has 0 atom stereocenters. The third kappa shape index (κ3) is 5.70. The van der Waals surface area contributed by atoms with Crippen LogP contribution in [0.5, 0.6) is 0 Å². The minimum Gasteiger partial charge on any atom is -0.444 e. The van der Waals surface area contributed by atoms with Gasteiger partial charge in [0.05, 0.1) is 5.69 Å². The summed E-state index contributed by atoms with van der Waals surface area (Å²) in [5.74, 6) is 0.854. The van der Waals surface area contributed by atoms with Gasteiger partial charge in [-0.15, -0.1) is 0 Å². The van der Waals surface area contributed by atoms with Crippen LogP contribution in [-0.4, -0.2) is 52.2 Å². The highest BCUT2D eigenvalue weighted by molar-refractivity contribution is 5.68. The van der Waals surface area contributed by atoms with Crippen LogP contribution < -0.4 is 0 Å². The summed E-state index contributed by atoms with van der Waals surface area (Å²) in [5, 5.41) is 0. The van der Waals surface area contributed by atoms with E-state index in [1.165, 1.54) is 12.8 Å². The number of aromatic nitrogens is 1. The summed E-state index contributed by atoms with van der Waals surface area (Å²) in [6.07, 6.45) is 6.43. The zero-order valence-corrected chi connectivity index (χ0v) is 15.8. The Balaban J connectivity index is 1.55. The molecule has 5 nitrogen and oxygen atoms in total. The normalized spacial score (nSPS) is 19.3. The fourth-order valence-corrected chi connectivity index (χ4v) is 3.41. The van der Waals surface area contributed by atoms with Gasteiger partial charge in [0.15, 0.2) is 0 Å². The Hall–Kier alpha value is -1.62. The Labute approximate surface area is 151 Å². The van der Waals surface area contributed by atoms with Crippen LogP contribution in [0.4, 0.5) is 4.79 Å². The third-order valence-electron chi connectivity index (χ3n) is 4.91. The van der Waals surface area contributed by atoms with Crippen molar-refractivity contribution >= 4 is 6.09 Å². The average Bonchev–Trinajstić information content (AvgIpc) is 3.38. The summed E-state index contributed by atoms with van der Waals surface area (Å²) in [7, 11) is 0. The summed E-state index contributed by atoms with van der Waals surface area (Å²) in [4.78, 5) is 21.2. The molecule has 3 rings (SSSR count). The van der Waals surface area contributed by atoms with Gasteiger partial charge in [-0.05, 0) is 64.5 Å². The lowest BCUT2D eigenvalue weighted by Gasteiger charge is -2.39. The number of amides is 1. The van der Waals surface area contributed by atoms with Crippen molar-refractivity contribution in [3.63, 3.8) is 0 Å². The lowest BCUT2D eigenvalue weighted by molar-refractivity contribution is 0.0133. The Morgan fingerprint density at radius 1 is 1.24 bits per heavy atom. The van der Waals surface area contributed by atoms with E-state index in [1.807, 2.05) is 37.9 Å². The fourth-order valence-electron chi connectivity index (χ4n) is 3.41. The van der Waals surface area contributed by atoms with E-state index in [9.17, 15) is 4.79 Å². The van der Waals surface area contributed by atoms with E-state index in [1.54, 1.807) is 0 Å². The fraction of sp³-hybridized carbons (Fsp3) is 0.700. The summed E-state index contributed by atoms with van der Waals surface area (Å²) in [5.41, 5.74) is 0.711. The molecule has 0 aromatic carbocycles. The summed E-state index contributed by atoms with van der Waals surface area (Å²) in [6.45, 7) is 9.39. The van der Waals surface area contributed by atoms with Crippen molar-refractivity contribution in [1.82, 2.24) is 14.8 Å². The molecule has 0 radical (unpaired) electrons. The van der Waals surface area contributed by atoms with Gasteiger partial charge < -0.3 is 9.64 Å². The molecule has 0 bridgehead atoms. The number of likely N-dealkylation sites (tertiary alicyclic amines) is 1. The molecule has 2 fully saturated rings. The number of hydrogen-bond acceptors (Lipinski definition) is 4. The second kappa shape index (κ2) is 7.73. The molecule has 25 heavy (non-hydrogen) atoms. The molecule has 1 aliphatic heterocycles. The van der Waals surface area contributed by atoms with Gasteiger partial charge in [0, 0.05) is 38.4 Å². The zero-order valence-electron chi connectivity index (χ0n) is 15.8. The number of piperidine rings is 1. The lowest BCUT2D eigenvalue weighted by atomic mass is 10.0. The maximum absolute atomic E-state index is 12.2. The number of rotatable bonds is 5. The van der Waals surface area contributed by atoms with Crippen molar-refractivity contribution in [1.29, 1.82) is 0 Å². The second-order valence-corrected chi connectivity index (χ2v) is 8.39. The first-order valence-corrected chi connectivity index (χ1v) is 9.52. The maximum Gasteiger partial charge on any atom is 0.410 e. The Morgan fingerprint density at radius 3 is 2.52 bits per heavy atom. The molecule has 1 amide bonds. The van der Waals surface area contributed by atoms with E-state index < -0.39 is 5.60 Å². The van der Waals surface area contributed by atoms with Crippen LogP contribution >= 0.6 is 0 Å². The third-order valence-corrected chi connectivity index (χ3v) is 4.91. The van der Waals surface area contributed by atoms with E-state index in [4.69, 9.17) is 4.74 Å². The summed E-state index contributed by atoms with van der Waals surface area (Å²) >= 11 is 0. The van der Waals surface area contributed by atoms with Gasteiger partial charge in [-0.25, -0.2) is 4.79 Å². The van der Waals surface area contributed by atoms with Crippen molar-refractivity contribution < 1.29 is 9.53 Å². The predicted molar refractivity (Wildman–Crippen MR) is 98.2 cm³/mol. The molecular formula is C20H31N3O2. The average molecular weight is 345 g/mol. The molecule has 5 heteroatoms. The first kappa shape index (κ1) is 18.2. The van der Waals surface area contributed by atoms with Crippen molar-refractivity contribution in [2.24, 2.45) is 5.92 Å².